The van der Waals surface area contributed by atoms with Gasteiger partial charge in [-0.15, -0.1) is 12.4 Å². The molecular formula is C14H19ClF3N3O2. The molecule has 130 valence electrons. The highest BCUT2D eigenvalue weighted by molar-refractivity contribution is 5.94. The molecule has 0 saturated carbocycles. The fraction of sp³-hybridized carbons (Fsp3) is 0.571. The normalized spacial score (nSPS) is 21.0. The van der Waals surface area contributed by atoms with Gasteiger partial charge in [0.1, 0.15) is 0 Å². The first-order valence-electron chi connectivity index (χ1n) is 6.87. The molecule has 1 aromatic rings. The van der Waals surface area contributed by atoms with Gasteiger partial charge in [0.2, 0.25) is 5.88 Å². The van der Waals surface area contributed by atoms with Gasteiger partial charge in [-0.25, -0.2) is 4.98 Å². The molecule has 2 rings (SSSR count). The van der Waals surface area contributed by atoms with Crippen molar-refractivity contribution in [3.05, 3.63) is 23.9 Å². The number of carbonyl (C=O) groups is 1. The van der Waals surface area contributed by atoms with Crippen molar-refractivity contribution in [2.75, 3.05) is 26.2 Å². The molecule has 0 radical (unpaired) electrons. The molecule has 1 aromatic heterocycles. The molecule has 1 aliphatic rings. The first-order chi connectivity index (χ1) is 10.2. The second kappa shape index (κ2) is 7.35. The van der Waals surface area contributed by atoms with Crippen molar-refractivity contribution in [1.29, 1.82) is 0 Å². The van der Waals surface area contributed by atoms with Crippen molar-refractivity contribution in [2.24, 2.45) is 11.1 Å². The van der Waals surface area contributed by atoms with Crippen LogP contribution >= 0.6 is 12.4 Å². The van der Waals surface area contributed by atoms with Gasteiger partial charge >= 0.3 is 6.18 Å². The van der Waals surface area contributed by atoms with Crippen LogP contribution in [0, 0.1) is 5.41 Å². The average Bonchev–Trinajstić information content (AvgIpc) is 2.87. The number of alkyl halides is 3. The number of hydrogen-bond acceptors (Lipinski definition) is 4. The van der Waals surface area contributed by atoms with Crippen LogP contribution in [-0.2, 0) is 0 Å². The van der Waals surface area contributed by atoms with Gasteiger partial charge in [0.25, 0.3) is 5.91 Å². The maximum Gasteiger partial charge on any atom is 0.422 e. The molecule has 1 amide bonds. The van der Waals surface area contributed by atoms with E-state index in [2.05, 4.69) is 9.72 Å². The summed E-state index contributed by atoms with van der Waals surface area (Å²) in [5.41, 5.74) is 5.93. The highest BCUT2D eigenvalue weighted by atomic mass is 35.5. The van der Waals surface area contributed by atoms with E-state index in [9.17, 15) is 18.0 Å². The van der Waals surface area contributed by atoms with E-state index in [4.69, 9.17) is 5.73 Å². The summed E-state index contributed by atoms with van der Waals surface area (Å²) >= 11 is 0. The van der Waals surface area contributed by atoms with Gasteiger partial charge in [0, 0.05) is 25.4 Å². The van der Waals surface area contributed by atoms with Crippen LogP contribution in [0.15, 0.2) is 18.3 Å². The summed E-state index contributed by atoms with van der Waals surface area (Å²) in [6.07, 6.45) is -2.36. The summed E-state index contributed by atoms with van der Waals surface area (Å²) in [5, 5.41) is 0. The number of pyridine rings is 1. The predicted octanol–water partition coefficient (Wildman–Crippen LogP) is 2.26. The van der Waals surface area contributed by atoms with Crippen LogP contribution in [0.2, 0.25) is 0 Å². The van der Waals surface area contributed by atoms with E-state index in [0.717, 1.165) is 6.42 Å². The number of aromatic nitrogens is 1. The zero-order chi connectivity index (χ0) is 16.4. The molecule has 1 saturated heterocycles. The quantitative estimate of drug-likeness (QED) is 0.901. The van der Waals surface area contributed by atoms with Crippen LogP contribution in [-0.4, -0.2) is 48.2 Å². The fourth-order valence-corrected chi connectivity index (χ4v) is 2.29. The van der Waals surface area contributed by atoms with Crippen molar-refractivity contribution in [3.63, 3.8) is 0 Å². The summed E-state index contributed by atoms with van der Waals surface area (Å²) in [4.78, 5) is 17.7. The largest absolute Gasteiger partial charge is 0.468 e. The van der Waals surface area contributed by atoms with Gasteiger partial charge in [-0.2, -0.15) is 13.2 Å². The maximum atomic E-state index is 12.3. The summed E-state index contributed by atoms with van der Waals surface area (Å²) in [6.45, 7) is 2.29. The lowest BCUT2D eigenvalue weighted by atomic mass is 9.90. The molecule has 1 unspecified atom stereocenters. The number of rotatable bonds is 4. The topological polar surface area (TPSA) is 68.5 Å². The smallest absolute Gasteiger partial charge is 0.422 e. The van der Waals surface area contributed by atoms with Crippen LogP contribution in [0.25, 0.3) is 0 Å². The van der Waals surface area contributed by atoms with Gasteiger partial charge in [0.15, 0.2) is 6.61 Å². The van der Waals surface area contributed by atoms with Crippen molar-refractivity contribution in [2.45, 2.75) is 19.5 Å². The van der Waals surface area contributed by atoms with E-state index in [1.165, 1.54) is 18.3 Å². The van der Waals surface area contributed by atoms with E-state index in [-0.39, 0.29) is 29.6 Å². The van der Waals surface area contributed by atoms with Crippen molar-refractivity contribution in [3.8, 4) is 5.88 Å². The summed E-state index contributed by atoms with van der Waals surface area (Å²) < 4.78 is 40.6. The second-order valence-corrected chi connectivity index (χ2v) is 5.78. The van der Waals surface area contributed by atoms with Gasteiger partial charge in [-0.3, -0.25) is 4.79 Å². The van der Waals surface area contributed by atoms with Crippen molar-refractivity contribution in [1.82, 2.24) is 9.88 Å². The molecule has 9 heteroatoms. The molecule has 0 aromatic carbocycles. The average molecular weight is 354 g/mol. The predicted molar refractivity (Wildman–Crippen MR) is 80.7 cm³/mol. The number of hydrogen-bond donors (Lipinski definition) is 1. The second-order valence-electron chi connectivity index (χ2n) is 5.78. The maximum absolute atomic E-state index is 12.3. The Balaban J connectivity index is 0.00000264. The molecule has 0 bridgehead atoms. The van der Waals surface area contributed by atoms with Gasteiger partial charge in [-0.05, 0) is 24.4 Å². The molecule has 2 heterocycles. The third-order valence-electron chi connectivity index (χ3n) is 3.70. The molecule has 2 N–H and O–H groups in total. The lowest BCUT2D eigenvalue weighted by Gasteiger charge is -2.22. The van der Waals surface area contributed by atoms with Crippen LogP contribution in [0.1, 0.15) is 23.7 Å². The summed E-state index contributed by atoms with van der Waals surface area (Å²) in [7, 11) is 0. The highest BCUT2D eigenvalue weighted by Crippen LogP contribution is 2.29. The molecular weight excluding hydrogens is 335 g/mol. The zero-order valence-electron chi connectivity index (χ0n) is 12.6. The zero-order valence-corrected chi connectivity index (χ0v) is 13.4. The van der Waals surface area contributed by atoms with Crippen LogP contribution in [0.5, 0.6) is 5.88 Å². The SMILES string of the molecule is CC1(CN)CCN(C(=O)c2ccc(OCC(F)(F)F)nc2)C1.Cl. The van der Waals surface area contributed by atoms with E-state index in [1.54, 1.807) is 4.90 Å². The Bertz CT molecular complexity index is 539. The Morgan fingerprint density at radius 3 is 2.65 bits per heavy atom. The number of carbonyl (C=O) groups excluding carboxylic acids is 1. The molecule has 5 nitrogen and oxygen atoms in total. The number of ether oxygens (including phenoxy) is 1. The summed E-state index contributed by atoms with van der Waals surface area (Å²) in [5.74, 6) is -0.367. The Labute approximate surface area is 138 Å². The minimum absolute atomic E-state index is 0. The van der Waals surface area contributed by atoms with E-state index in [1.807, 2.05) is 6.92 Å². The third-order valence-corrected chi connectivity index (χ3v) is 3.70. The fourth-order valence-electron chi connectivity index (χ4n) is 2.29. The van der Waals surface area contributed by atoms with Crippen molar-refractivity contribution >= 4 is 18.3 Å². The number of halogens is 4. The minimum Gasteiger partial charge on any atom is -0.468 e. The van der Waals surface area contributed by atoms with E-state index in [0.29, 0.717) is 25.2 Å². The molecule has 0 aliphatic carbocycles. The number of nitrogens with two attached hydrogens (primary N) is 1. The van der Waals surface area contributed by atoms with Crippen molar-refractivity contribution < 1.29 is 22.7 Å². The monoisotopic (exact) mass is 353 g/mol. The Hall–Kier alpha value is -1.54. The standard InChI is InChI=1S/C14H18F3N3O2.ClH/c1-13(7-18)4-5-20(8-13)12(21)10-2-3-11(19-6-10)22-9-14(15,16)17;/h2-3,6H,4-5,7-9,18H2,1H3;1H. The molecule has 23 heavy (non-hydrogen) atoms. The Kier molecular flexibility index (Phi) is 6.24. The van der Waals surface area contributed by atoms with Crippen LogP contribution in [0.4, 0.5) is 13.2 Å². The van der Waals surface area contributed by atoms with Crippen LogP contribution < -0.4 is 10.5 Å². The highest BCUT2D eigenvalue weighted by Gasteiger charge is 2.35. The summed E-state index contributed by atoms with van der Waals surface area (Å²) in [6, 6.07) is 2.68. The van der Waals surface area contributed by atoms with Gasteiger partial charge in [-0.1, -0.05) is 6.92 Å². The minimum atomic E-state index is -4.42. The Morgan fingerprint density at radius 1 is 1.48 bits per heavy atom. The van der Waals surface area contributed by atoms with Gasteiger partial charge in [0.05, 0.1) is 5.56 Å². The first-order valence-corrected chi connectivity index (χ1v) is 6.87. The number of likely N-dealkylation sites (tertiary alicyclic amines) is 1. The first kappa shape index (κ1) is 19.5. The molecule has 0 spiro atoms. The number of nitrogens with zero attached hydrogens (tertiary/aromatic N) is 2. The van der Waals surface area contributed by atoms with Gasteiger partial charge < -0.3 is 15.4 Å². The molecule has 1 aliphatic heterocycles. The van der Waals surface area contributed by atoms with E-state index >= 15 is 0 Å². The van der Waals surface area contributed by atoms with E-state index < -0.39 is 12.8 Å². The Morgan fingerprint density at radius 2 is 2.17 bits per heavy atom. The molecule has 1 fully saturated rings. The third kappa shape index (κ3) is 5.24. The molecule has 1 atom stereocenters. The lowest BCUT2D eigenvalue weighted by molar-refractivity contribution is -0.154. The lowest BCUT2D eigenvalue weighted by Crippen LogP contribution is -2.34. The van der Waals surface area contributed by atoms with Crippen LogP contribution in [0.3, 0.4) is 0 Å². The number of amides is 1.